The molecule has 0 fully saturated rings. The lowest BCUT2D eigenvalue weighted by atomic mass is 10.1. The molecule has 0 spiro atoms. The van der Waals surface area contributed by atoms with E-state index in [-0.39, 0.29) is 18.5 Å². The van der Waals surface area contributed by atoms with Gasteiger partial charge in [-0.15, -0.1) is 0 Å². The predicted molar refractivity (Wildman–Crippen MR) is 236 cm³/mol. The fourth-order valence-corrected chi connectivity index (χ4v) is 6.65. The Morgan fingerprint density at radius 3 is 1.42 bits per heavy atom. The molecule has 0 heterocycles. The first-order chi connectivity index (χ1) is 27.0. The van der Waals surface area contributed by atoms with Crippen LogP contribution >= 0.6 is 0 Å². The van der Waals surface area contributed by atoms with E-state index >= 15 is 0 Å². The lowest BCUT2D eigenvalue weighted by Gasteiger charge is -2.20. The lowest BCUT2D eigenvalue weighted by molar-refractivity contribution is -0.143. The van der Waals surface area contributed by atoms with Gasteiger partial charge >= 0.3 is 5.97 Å². The van der Waals surface area contributed by atoms with Crippen molar-refractivity contribution in [3.63, 3.8) is 0 Å². The number of hydrogen-bond donors (Lipinski definition) is 3. The van der Waals surface area contributed by atoms with Gasteiger partial charge in [0.05, 0.1) is 25.4 Å². The summed E-state index contributed by atoms with van der Waals surface area (Å²) in [6.45, 7) is 4.76. The second-order valence-electron chi connectivity index (χ2n) is 15.7. The molecule has 0 aromatic rings. The first kappa shape index (κ1) is 52.8. The van der Waals surface area contributed by atoms with Crippen molar-refractivity contribution < 1.29 is 24.5 Å². The predicted octanol–water partition coefficient (Wildman–Crippen LogP) is 13.5. The van der Waals surface area contributed by atoms with Crippen LogP contribution in [0.5, 0.6) is 0 Å². The Morgan fingerprint density at radius 2 is 0.909 bits per heavy atom. The van der Waals surface area contributed by atoms with Gasteiger partial charge in [-0.05, 0) is 89.9 Å². The third-order valence-corrected chi connectivity index (χ3v) is 10.3. The topological polar surface area (TPSA) is 95.9 Å². The highest BCUT2D eigenvalue weighted by Gasteiger charge is 2.18. The molecule has 0 radical (unpaired) electrons. The zero-order chi connectivity index (χ0) is 40.1. The highest BCUT2D eigenvalue weighted by molar-refractivity contribution is 5.76. The monoisotopic (exact) mass is 772 g/mol. The van der Waals surface area contributed by atoms with Crippen molar-refractivity contribution in [2.75, 3.05) is 13.2 Å². The summed E-state index contributed by atoms with van der Waals surface area (Å²) in [6, 6.07) is -0.654. The van der Waals surface area contributed by atoms with Gasteiger partial charge in [0.2, 0.25) is 5.91 Å². The molecule has 2 unspecified atom stereocenters. The first-order valence-electron chi connectivity index (χ1n) is 23.4. The maximum Gasteiger partial charge on any atom is 0.305 e. The van der Waals surface area contributed by atoms with Crippen molar-refractivity contribution in [3.8, 4) is 0 Å². The van der Waals surface area contributed by atoms with Gasteiger partial charge in [-0.1, -0.05) is 172 Å². The molecule has 0 aliphatic rings. The SMILES string of the molecule is CCCCCC/C=C\C/C=C\CCCCCCCC(=O)OCCCC/C=C\CCCCCCC(=O)NC(CO)C(O)/C=C/CCCCCCCCCCCC. The summed E-state index contributed by atoms with van der Waals surface area (Å²) in [4.78, 5) is 24.4. The van der Waals surface area contributed by atoms with Crippen LogP contribution in [0.2, 0.25) is 0 Å². The zero-order valence-electron chi connectivity index (χ0n) is 36.1. The van der Waals surface area contributed by atoms with Crippen molar-refractivity contribution in [1.82, 2.24) is 5.32 Å². The number of ether oxygens (including phenoxy) is 1. The second-order valence-corrected chi connectivity index (χ2v) is 15.7. The minimum absolute atomic E-state index is 0.0534. The Bertz CT molecular complexity index is 942. The molecule has 1 amide bonds. The highest BCUT2D eigenvalue weighted by atomic mass is 16.5. The van der Waals surface area contributed by atoms with Crippen LogP contribution in [0.15, 0.2) is 48.6 Å². The minimum atomic E-state index is -0.866. The summed E-state index contributed by atoms with van der Waals surface area (Å²) in [5, 5.41) is 22.9. The molecule has 0 saturated heterocycles. The molecule has 55 heavy (non-hydrogen) atoms. The third kappa shape index (κ3) is 41.3. The normalized spacial score (nSPS) is 13.2. The maximum absolute atomic E-state index is 12.4. The van der Waals surface area contributed by atoms with Crippen molar-refractivity contribution >= 4 is 11.9 Å². The number of hydrogen-bond acceptors (Lipinski definition) is 5. The first-order valence-corrected chi connectivity index (χ1v) is 23.4. The number of esters is 1. The molecule has 0 rings (SSSR count). The van der Waals surface area contributed by atoms with Crippen molar-refractivity contribution in [2.24, 2.45) is 0 Å². The van der Waals surface area contributed by atoms with Crippen LogP contribution in [-0.4, -0.2) is 47.4 Å². The minimum Gasteiger partial charge on any atom is -0.466 e. The Kier molecular flexibility index (Phi) is 42.8. The number of amides is 1. The maximum atomic E-state index is 12.4. The molecule has 0 aromatic carbocycles. The number of nitrogens with one attached hydrogen (secondary N) is 1. The third-order valence-electron chi connectivity index (χ3n) is 10.3. The zero-order valence-corrected chi connectivity index (χ0v) is 36.1. The summed E-state index contributed by atoms with van der Waals surface area (Å²) in [6.07, 6.45) is 53.8. The number of aliphatic hydroxyl groups excluding tert-OH is 2. The smallest absolute Gasteiger partial charge is 0.305 e. The van der Waals surface area contributed by atoms with E-state index in [0.717, 1.165) is 89.9 Å². The van der Waals surface area contributed by atoms with Gasteiger partial charge in [0.25, 0.3) is 0 Å². The number of allylic oxidation sites excluding steroid dienone is 7. The van der Waals surface area contributed by atoms with Crippen molar-refractivity contribution in [3.05, 3.63) is 48.6 Å². The largest absolute Gasteiger partial charge is 0.466 e. The van der Waals surface area contributed by atoms with E-state index in [1.807, 2.05) is 6.08 Å². The summed E-state index contributed by atoms with van der Waals surface area (Å²) >= 11 is 0. The van der Waals surface area contributed by atoms with E-state index in [4.69, 9.17) is 4.74 Å². The molecule has 6 heteroatoms. The average molecular weight is 772 g/mol. The molecular weight excluding hydrogens is 683 g/mol. The quantitative estimate of drug-likeness (QED) is 0.0326. The fraction of sp³-hybridized carbons (Fsp3) is 0.796. The molecule has 2 atom stereocenters. The Balaban J connectivity index is 3.59. The van der Waals surface area contributed by atoms with E-state index in [2.05, 4.69) is 55.6 Å². The number of carbonyl (C=O) groups excluding carboxylic acids is 2. The van der Waals surface area contributed by atoms with Crippen LogP contribution in [0.3, 0.4) is 0 Å². The van der Waals surface area contributed by atoms with Crippen LogP contribution in [0, 0.1) is 0 Å². The van der Waals surface area contributed by atoms with Gasteiger partial charge in [0, 0.05) is 12.8 Å². The summed E-state index contributed by atoms with van der Waals surface area (Å²) < 4.78 is 5.42. The molecule has 0 aliphatic carbocycles. The van der Waals surface area contributed by atoms with Crippen molar-refractivity contribution in [2.45, 2.75) is 238 Å². The molecule has 320 valence electrons. The fourth-order valence-electron chi connectivity index (χ4n) is 6.65. The molecule has 0 aliphatic heterocycles. The molecule has 3 N–H and O–H groups in total. The van der Waals surface area contributed by atoms with Crippen LogP contribution in [0.4, 0.5) is 0 Å². The molecule has 0 aromatic heterocycles. The van der Waals surface area contributed by atoms with E-state index < -0.39 is 12.1 Å². The second kappa shape index (κ2) is 44.5. The van der Waals surface area contributed by atoms with E-state index in [1.54, 1.807) is 6.08 Å². The molecule has 0 saturated carbocycles. The van der Waals surface area contributed by atoms with Gasteiger partial charge in [-0.2, -0.15) is 0 Å². The summed E-state index contributed by atoms with van der Waals surface area (Å²) in [5.74, 6) is -0.161. The Hall–Kier alpha value is -2.18. The van der Waals surface area contributed by atoms with Gasteiger partial charge in [0.1, 0.15) is 0 Å². The number of rotatable bonds is 42. The van der Waals surface area contributed by atoms with Crippen LogP contribution in [0.1, 0.15) is 226 Å². The van der Waals surface area contributed by atoms with Gasteiger partial charge < -0.3 is 20.3 Å². The summed E-state index contributed by atoms with van der Waals surface area (Å²) in [7, 11) is 0. The molecule has 0 bridgehead atoms. The van der Waals surface area contributed by atoms with Crippen LogP contribution in [0.25, 0.3) is 0 Å². The summed E-state index contributed by atoms with van der Waals surface area (Å²) in [5.41, 5.74) is 0. The van der Waals surface area contributed by atoms with E-state index in [1.165, 1.54) is 109 Å². The number of carbonyl (C=O) groups is 2. The standard InChI is InChI=1S/C49H89NO5/c1-3-5-7-9-11-13-15-17-18-19-20-22-27-31-35-39-43-49(54)55-44-40-36-32-28-24-23-26-30-34-38-42-48(53)50-46(45-51)47(52)41-37-33-29-25-21-16-14-12-10-8-6-4-2/h13,15,18-19,24,28,37,41,46-47,51-52H,3-12,14,16-17,20-23,25-27,29-36,38-40,42-45H2,1-2H3,(H,50,53)/b15-13-,19-18-,28-24-,41-37+. The van der Waals surface area contributed by atoms with E-state index in [0.29, 0.717) is 19.4 Å². The molecular formula is C49H89NO5. The molecule has 6 nitrogen and oxygen atoms in total. The number of aliphatic hydroxyl groups is 2. The van der Waals surface area contributed by atoms with Gasteiger partial charge in [-0.25, -0.2) is 0 Å². The van der Waals surface area contributed by atoms with Crippen LogP contribution < -0.4 is 5.32 Å². The Morgan fingerprint density at radius 1 is 0.509 bits per heavy atom. The van der Waals surface area contributed by atoms with Crippen LogP contribution in [-0.2, 0) is 14.3 Å². The van der Waals surface area contributed by atoms with E-state index in [9.17, 15) is 19.8 Å². The van der Waals surface area contributed by atoms with Crippen molar-refractivity contribution in [1.29, 1.82) is 0 Å². The Labute approximate surface area is 340 Å². The van der Waals surface area contributed by atoms with Gasteiger partial charge in [0.15, 0.2) is 0 Å². The van der Waals surface area contributed by atoms with Gasteiger partial charge in [-0.3, -0.25) is 9.59 Å². The lowest BCUT2D eigenvalue weighted by Crippen LogP contribution is -2.45. The highest BCUT2D eigenvalue weighted by Crippen LogP contribution is 2.13. The number of unbranched alkanes of at least 4 members (excludes halogenated alkanes) is 25. The average Bonchev–Trinajstić information content (AvgIpc) is 3.18.